The predicted octanol–water partition coefficient (Wildman–Crippen LogP) is 2.72. The van der Waals surface area contributed by atoms with Gasteiger partial charge in [-0.05, 0) is 24.1 Å². The second-order valence-corrected chi connectivity index (χ2v) is 4.74. The number of carbonyl (C=O) groups is 1. The minimum atomic E-state index is -0.801. The molecule has 0 aliphatic carbocycles. The first-order valence-corrected chi connectivity index (χ1v) is 6.87. The van der Waals surface area contributed by atoms with E-state index in [0.717, 1.165) is 23.8 Å². The Kier molecular flexibility index (Phi) is 5.24. The van der Waals surface area contributed by atoms with Gasteiger partial charge in [-0.15, -0.1) is 0 Å². The predicted molar refractivity (Wildman–Crippen MR) is 82.1 cm³/mol. The summed E-state index contributed by atoms with van der Waals surface area (Å²) in [5.74, 6) is -0.797. The van der Waals surface area contributed by atoms with Crippen molar-refractivity contribution in [1.82, 2.24) is 5.32 Å². The number of nitrogens with zero attached hydrogens (tertiary/aromatic N) is 1. The Bertz CT molecular complexity index is 734. The number of halogens is 1. The maximum absolute atomic E-state index is 13.6. The maximum atomic E-state index is 13.6. The molecule has 0 atom stereocenters. The molecular weight excluding hydrogens is 303 g/mol. The topological polar surface area (TPSA) is 81.5 Å². The molecule has 0 aliphatic heterocycles. The Morgan fingerprint density at radius 2 is 2.04 bits per heavy atom. The Labute approximate surface area is 132 Å². The van der Waals surface area contributed by atoms with E-state index >= 15 is 0 Å². The third-order valence-electron chi connectivity index (χ3n) is 3.28. The fraction of sp³-hybridized carbons (Fsp3) is 0.188. The van der Waals surface area contributed by atoms with E-state index in [2.05, 4.69) is 5.32 Å². The summed E-state index contributed by atoms with van der Waals surface area (Å²) < 4.78 is 18.8. The number of benzene rings is 2. The summed E-state index contributed by atoms with van der Waals surface area (Å²) in [6.45, 7) is 0.251. The molecule has 0 saturated heterocycles. The number of nitrogens with one attached hydrogen (secondary N) is 1. The van der Waals surface area contributed by atoms with Crippen LogP contribution in [0.1, 0.15) is 15.9 Å². The van der Waals surface area contributed by atoms with Crippen molar-refractivity contribution in [2.75, 3.05) is 13.7 Å². The molecule has 0 spiro atoms. The summed E-state index contributed by atoms with van der Waals surface area (Å²) >= 11 is 0. The Balaban J connectivity index is 2.03. The van der Waals surface area contributed by atoms with Crippen molar-refractivity contribution in [1.29, 1.82) is 0 Å². The number of hydrogen-bond acceptors (Lipinski definition) is 4. The lowest BCUT2D eigenvalue weighted by Crippen LogP contribution is -2.26. The highest BCUT2D eigenvalue weighted by Crippen LogP contribution is 2.18. The van der Waals surface area contributed by atoms with Gasteiger partial charge in [0.1, 0.15) is 11.6 Å². The summed E-state index contributed by atoms with van der Waals surface area (Å²) in [6, 6.07) is 10.2. The normalized spacial score (nSPS) is 10.2. The summed E-state index contributed by atoms with van der Waals surface area (Å²) in [7, 11) is 1.55. The summed E-state index contributed by atoms with van der Waals surface area (Å²) in [4.78, 5) is 22.0. The van der Waals surface area contributed by atoms with Crippen LogP contribution in [0.3, 0.4) is 0 Å². The molecular formula is C16H15FN2O4. The smallest absolute Gasteiger partial charge is 0.270 e. The van der Waals surface area contributed by atoms with Crippen LogP contribution in [0.15, 0.2) is 42.5 Å². The second-order valence-electron chi connectivity index (χ2n) is 4.74. The van der Waals surface area contributed by atoms with Crippen molar-refractivity contribution in [2.45, 2.75) is 6.42 Å². The average molecular weight is 318 g/mol. The van der Waals surface area contributed by atoms with Crippen molar-refractivity contribution in [3.8, 4) is 5.75 Å². The molecule has 1 N–H and O–H groups in total. The highest BCUT2D eigenvalue weighted by atomic mass is 19.1. The Morgan fingerprint density at radius 1 is 1.30 bits per heavy atom. The van der Waals surface area contributed by atoms with Crippen molar-refractivity contribution in [3.63, 3.8) is 0 Å². The number of methoxy groups -OCH3 is 1. The molecule has 0 bridgehead atoms. The van der Waals surface area contributed by atoms with Crippen LogP contribution in [0.4, 0.5) is 10.1 Å². The van der Waals surface area contributed by atoms with Crippen LogP contribution in [0.2, 0.25) is 0 Å². The van der Waals surface area contributed by atoms with Gasteiger partial charge in [-0.2, -0.15) is 0 Å². The van der Waals surface area contributed by atoms with Crippen LogP contribution in [-0.2, 0) is 6.42 Å². The zero-order valence-corrected chi connectivity index (χ0v) is 12.4. The Morgan fingerprint density at radius 3 is 2.74 bits per heavy atom. The van der Waals surface area contributed by atoms with Gasteiger partial charge in [0.2, 0.25) is 0 Å². The quantitative estimate of drug-likeness (QED) is 0.656. The highest BCUT2D eigenvalue weighted by molar-refractivity contribution is 5.95. The minimum Gasteiger partial charge on any atom is -0.496 e. The molecule has 0 fully saturated rings. The fourth-order valence-corrected chi connectivity index (χ4v) is 2.12. The van der Waals surface area contributed by atoms with Gasteiger partial charge in [0.15, 0.2) is 0 Å². The molecule has 2 rings (SSSR count). The van der Waals surface area contributed by atoms with Crippen molar-refractivity contribution in [3.05, 3.63) is 69.5 Å². The molecule has 6 nitrogen and oxygen atoms in total. The van der Waals surface area contributed by atoms with Gasteiger partial charge < -0.3 is 10.1 Å². The molecule has 0 radical (unpaired) electrons. The van der Waals surface area contributed by atoms with Gasteiger partial charge >= 0.3 is 0 Å². The number of hydrogen-bond donors (Lipinski definition) is 1. The highest BCUT2D eigenvalue weighted by Gasteiger charge is 2.16. The van der Waals surface area contributed by atoms with E-state index in [-0.39, 0.29) is 17.8 Å². The van der Waals surface area contributed by atoms with Crippen LogP contribution >= 0.6 is 0 Å². The van der Waals surface area contributed by atoms with Crippen LogP contribution in [-0.4, -0.2) is 24.5 Å². The molecule has 0 aromatic heterocycles. The van der Waals surface area contributed by atoms with E-state index in [1.807, 2.05) is 18.2 Å². The molecule has 23 heavy (non-hydrogen) atoms. The number of non-ortho nitro benzene ring substituents is 1. The van der Waals surface area contributed by atoms with Gasteiger partial charge in [-0.1, -0.05) is 18.2 Å². The lowest BCUT2D eigenvalue weighted by atomic mass is 10.1. The monoisotopic (exact) mass is 318 g/mol. The number of nitro benzene ring substituents is 1. The zero-order valence-electron chi connectivity index (χ0n) is 12.4. The second kappa shape index (κ2) is 7.35. The third kappa shape index (κ3) is 4.03. The molecule has 2 aromatic rings. The number of rotatable bonds is 6. The standard InChI is InChI=1S/C16H15FN2O4/c1-23-15-5-3-2-4-11(15)8-9-18-16(20)13-10-12(19(21)22)6-7-14(13)17/h2-7,10H,8-9H2,1H3,(H,18,20). The third-order valence-corrected chi connectivity index (χ3v) is 3.28. The minimum absolute atomic E-state index is 0.251. The van der Waals surface area contributed by atoms with Gasteiger partial charge in [-0.25, -0.2) is 4.39 Å². The number of nitro groups is 1. The van der Waals surface area contributed by atoms with Crippen molar-refractivity contribution in [2.24, 2.45) is 0 Å². The first-order chi connectivity index (χ1) is 11.0. The van der Waals surface area contributed by atoms with Crippen molar-refractivity contribution >= 4 is 11.6 Å². The van der Waals surface area contributed by atoms with Gasteiger partial charge in [0.25, 0.3) is 11.6 Å². The van der Waals surface area contributed by atoms with E-state index < -0.39 is 16.6 Å². The SMILES string of the molecule is COc1ccccc1CCNC(=O)c1cc([N+](=O)[O-])ccc1F. The number of amides is 1. The lowest BCUT2D eigenvalue weighted by molar-refractivity contribution is -0.384. The first-order valence-electron chi connectivity index (χ1n) is 6.87. The summed E-state index contributed by atoms with van der Waals surface area (Å²) in [5, 5.41) is 13.2. The van der Waals surface area contributed by atoms with Crippen molar-refractivity contribution < 1.29 is 18.8 Å². The van der Waals surface area contributed by atoms with E-state index in [1.165, 1.54) is 0 Å². The molecule has 0 heterocycles. The summed E-state index contributed by atoms with van der Waals surface area (Å²) in [5.41, 5.74) is 0.218. The number of ether oxygens (including phenoxy) is 1. The Hall–Kier alpha value is -2.96. The average Bonchev–Trinajstić information content (AvgIpc) is 2.55. The van der Waals surface area contributed by atoms with Crippen LogP contribution in [0.25, 0.3) is 0 Å². The molecule has 0 aliphatic rings. The molecule has 1 amide bonds. The van der Waals surface area contributed by atoms with Gasteiger partial charge in [0, 0.05) is 18.7 Å². The van der Waals surface area contributed by atoms with Gasteiger partial charge in [0.05, 0.1) is 17.6 Å². The lowest BCUT2D eigenvalue weighted by Gasteiger charge is -2.09. The van der Waals surface area contributed by atoms with E-state index in [9.17, 15) is 19.3 Å². The number of carbonyl (C=O) groups excluding carboxylic acids is 1. The zero-order chi connectivity index (χ0) is 16.8. The van der Waals surface area contributed by atoms with Crippen LogP contribution in [0.5, 0.6) is 5.75 Å². The molecule has 2 aromatic carbocycles. The molecule has 120 valence electrons. The first kappa shape index (κ1) is 16.4. The molecule has 0 unspecified atom stereocenters. The van der Waals surface area contributed by atoms with Crippen LogP contribution < -0.4 is 10.1 Å². The largest absolute Gasteiger partial charge is 0.496 e. The molecule has 0 saturated carbocycles. The van der Waals surface area contributed by atoms with E-state index in [1.54, 1.807) is 13.2 Å². The maximum Gasteiger partial charge on any atom is 0.270 e. The van der Waals surface area contributed by atoms with Gasteiger partial charge in [-0.3, -0.25) is 14.9 Å². The fourth-order valence-electron chi connectivity index (χ4n) is 2.12. The van der Waals surface area contributed by atoms with E-state index in [0.29, 0.717) is 12.2 Å². The van der Waals surface area contributed by atoms with Crippen LogP contribution in [0, 0.1) is 15.9 Å². The van der Waals surface area contributed by atoms with E-state index in [4.69, 9.17) is 4.74 Å². The molecule has 7 heteroatoms. The number of para-hydroxylation sites is 1. The summed E-state index contributed by atoms with van der Waals surface area (Å²) in [6.07, 6.45) is 0.492.